The molecule has 0 aliphatic heterocycles. The molecule has 1 N–H and O–H groups in total. The third-order valence-electron chi connectivity index (χ3n) is 3.48. The van der Waals surface area contributed by atoms with Gasteiger partial charge in [-0.05, 0) is 56.8 Å². The first-order chi connectivity index (χ1) is 8.11. The molecule has 94 valence electrons. The Balaban J connectivity index is 2.10. The molecule has 1 aliphatic carbocycles. The second kappa shape index (κ2) is 5.32. The number of hydrogen-bond donors (Lipinski definition) is 1. The van der Waals surface area contributed by atoms with E-state index in [1.807, 2.05) is 14.0 Å². The van der Waals surface area contributed by atoms with Crippen LogP contribution in [-0.4, -0.2) is 23.1 Å². The van der Waals surface area contributed by atoms with Gasteiger partial charge in [-0.1, -0.05) is 12.1 Å². The summed E-state index contributed by atoms with van der Waals surface area (Å²) in [4.78, 5) is 1.01. The Morgan fingerprint density at radius 3 is 2.71 bits per heavy atom. The van der Waals surface area contributed by atoms with Crippen molar-refractivity contribution in [1.29, 1.82) is 0 Å². The van der Waals surface area contributed by atoms with Crippen molar-refractivity contribution in [3.05, 3.63) is 29.3 Å². The highest BCUT2D eigenvalue weighted by Crippen LogP contribution is 2.33. The second-order valence-electron chi connectivity index (χ2n) is 5.01. The number of benzene rings is 1. The van der Waals surface area contributed by atoms with Crippen molar-refractivity contribution in [1.82, 2.24) is 5.32 Å². The summed E-state index contributed by atoms with van der Waals surface area (Å²) in [6.07, 6.45) is 2.57. The lowest BCUT2D eigenvalue weighted by molar-refractivity contribution is 0.546. The van der Waals surface area contributed by atoms with Crippen LogP contribution < -0.4 is 5.32 Å². The van der Waals surface area contributed by atoms with Gasteiger partial charge in [0, 0.05) is 16.7 Å². The van der Waals surface area contributed by atoms with Gasteiger partial charge in [0.25, 0.3) is 0 Å². The van der Waals surface area contributed by atoms with Gasteiger partial charge in [-0.2, -0.15) is 0 Å². The van der Waals surface area contributed by atoms with Crippen molar-refractivity contribution in [2.75, 3.05) is 12.8 Å². The van der Waals surface area contributed by atoms with Gasteiger partial charge < -0.3 is 5.32 Å². The van der Waals surface area contributed by atoms with Crippen LogP contribution in [0.4, 0.5) is 0 Å². The van der Waals surface area contributed by atoms with E-state index < -0.39 is 10.8 Å². The van der Waals surface area contributed by atoms with Gasteiger partial charge in [-0.15, -0.1) is 0 Å². The first-order valence-corrected chi connectivity index (χ1v) is 7.56. The van der Waals surface area contributed by atoms with Crippen LogP contribution in [0.5, 0.6) is 0 Å². The molecule has 1 saturated carbocycles. The van der Waals surface area contributed by atoms with E-state index >= 15 is 0 Å². The normalized spacial score (nSPS) is 19.0. The Morgan fingerprint density at radius 1 is 1.41 bits per heavy atom. The maximum atomic E-state index is 12.4. The highest BCUT2D eigenvalue weighted by Gasteiger charge is 2.31. The Hall–Kier alpha value is -0.670. The lowest BCUT2D eigenvalue weighted by Gasteiger charge is -2.15. The van der Waals surface area contributed by atoms with Crippen LogP contribution in [-0.2, 0) is 10.8 Å². The summed E-state index contributed by atoms with van der Waals surface area (Å²) >= 11 is 0. The number of hydrogen-bond acceptors (Lipinski definition) is 2. The summed E-state index contributed by atoms with van der Waals surface area (Å²) in [5.41, 5.74) is 2.32. The van der Waals surface area contributed by atoms with E-state index in [1.54, 1.807) is 0 Å². The van der Waals surface area contributed by atoms with Crippen molar-refractivity contribution < 1.29 is 4.21 Å². The summed E-state index contributed by atoms with van der Waals surface area (Å²) in [7, 11) is 1.10. The quantitative estimate of drug-likeness (QED) is 0.870. The molecule has 0 amide bonds. The molecule has 2 atom stereocenters. The molecular weight excluding hydrogens is 230 g/mol. The Kier molecular flexibility index (Phi) is 4.00. The molecule has 17 heavy (non-hydrogen) atoms. The molecule has 0 bridgehead atoms. The van der Waals surface area contributed by atoms with Crippen molar-refractivity contribution in [3.8, 4) is 0 Å². The summed E-state index contributed by atoms with van der Waals surface area (Å²) in [6.45, 7) is 4.09. The Labute approximate surface area is 106 Å². The van der Waals surface area contributed by atoms with E-state index in [0.717, 1.165) is 22.1 Å². The molecule has 3 heteroatoms. The van der Waals surface area contributed by atoms with E-state index in [0.29, 0.717) is 6.04 Å². The van der Waals surface area contributed by atoms with Crippen LogP contribution in [0.1, 0.15) is 24.0 Å². The van der Waals surface area contributed by atoms with E-state index in [9.17, 15) is 4.21 Å². The SMILES string of the molecule is CNC(CS(=O)c1cc(C)ccc1C)C1CC1. The third-order valence-corrected chi connectivity index (χ3v) is 5.07. The monoisotopic (exact) mass is 251 g/mol. The molecular formula is C14H21NOS. The molecule has 1 aromatic carbocycles. The van der Waals surface area contributed by atoms with E-state index in [2.05, 4.69) is 30.4 Å². The summed E-state index contributed by atoms with van der Waals surface area (Å²) in [5, 5.41) is 3.31. The number of rotatable bonds is 5. The maximum Gasteiger partial charge on any atom is 0.0548 e. The average molecular weight is 251 g/mol. The van der Waals surface area contributed by atoms with Gasteiger partial charge in [-0.25, -0.2) is 0 Å². The zero-order valence-electron chi connectivity index (χ0n) is 10.8. The first-order valence-electron chi connectivity index (χ1n) is 6.24. The molecule has 2 unspecified atom stereocenters. The van der Waals surface area contributed by atoms with E-state index in [1.165, 1.54) is 18.4 Å². The van der Waals surface area contributed by atoms with Crippen LogP contribution in [0.25, 0.3) is 0 Å². The minimum Gasteiger partial charge on any atom is -0.316 e. The fourth-order valence-electron chi connectivity index (χ4n) is 2.16. The van der Waals surface area contributed by atoms with Gasteiger partial charge in [0.15, 0.2) is 0 Å². The topological polar surface area (TPSA) is 29.1 Å². The molecule has 0 aromatic heterocycles. The van der Waals surface area contributed by atoms with Crippen LogP contribution >= 0.6 is 0 Å². The molecule has 2 rings (SSSR count). The van der Waals surface area contributed by atoms with Crippen molar-refractivity contribution in [3.63, 3.8) is 0 Å². The second-order valence-corrected chi connectivity index (χ2v) is 6.48. The highest BCUT2D eigenvalue weighted by molar-refractivity contribution is 7.85. The van der Waals surface area contributed by atoms with Crippen molar-refractivity contribution in [2.45, 2.75) is 37.6 Å². The maximum absolute atomic E-state index is 12.4. The first kappa shape index (κ1) is 12.8. The molecule has 0 saturated heterocycles. The predicted molar refractivity (Wildman–Crippen MR) is 72.8 cm³/mol. The minimum absolute atomic E-state index is 0.413. The van der Waals surface area contributed by atoms with Gasteiger partial charge in [0.05, 0.1) is 10.8 Å². The molecule has 2 nitrogen and oxygen atoms in total. The summed E-state index contributed by atoms with van der Waals surface area (Å²) < 4.78 is 12.4. The van der Waals surface area contributed by atoms with E-state index in [-0.39, 0.29) is 0 Å². The van der Waals surface area contributed by atoms with Crippen LogP contribution in [0, 0.1) is 19.8 Å². The zero-order valence-corrected chi connectivity index (χ0v) is 11.6. The van der Waals surface area contributed by atoms with Crippen molar-refractivity contribution in [2.24, 2.45) is 5.92 Å². The molecule has 0 spiro atoms. The van der Waals surface area contributed by atoms with E-state index in [4.69, 9.17) is 0 Å². The fourth-order valence-corrected chi connectivity index (χ4v) is 3.85. The number of aryl methyl sites for hydroxylation is 2. The lowest BCUT2D eigenvalue weighted by atomic mass is 10.2. The predicted octanol–water partition coefficient (Wildman–Crippen LogP) is 2.41. The largest absolute Gasteiger partial charge is 0.316 e. The Bertz CT molecular complexity index is 426. The third kappa shape index (κ3) is 3.17. The summed E-state index contributed by atoms with van der Waals surface area (Å²) in [5.74, 6) is 1.49. The lowest BCUT2D eigenvalue weighted by Crippen LogP contribution is -2.33. The Morgan fingerprint density at radius 2 is 2.12 bits per heavy atom. The molecule has 1 aromatic rings. The van der Waals surface area contributed by atoms with Crippen LogP contribution in [0.2, 0.25) is 0 Å². The van der Waals surface area contributed by atoms with Gasteiger partial charge in [0.1, 0.15) is 0 Å². The van der Waals surface area contributed by atoms with Gasteiger partial charge in [0.2, 0.25) is 0 Å². The fraction of sp³-hybridized carbons (Fsp3) is 0.571. The summed E-state index contributed by atoms with van der Waals surface area (Å²) in [6, 6.07) is 6.61. The standard InChI is InChI=1S/C14H21NOS/c1-10-4-5-11(2)14(8-10)17(16)9-13(15-3)12-6-7-12/h4-5,8,12-13,15H,6-7,9H2,1-3H3. The molecule has 0 heterocycles. The van der Waals surface area contributed by atoms with Gasteiger partial charge >= 0.3 is 0 Å². The number of nitrogens with one attached hydrogen (secondary N) is 1. The molecule has 0 radical (unpaired) electrons. The zero-order chi connectivity index (χ0) is 12.4. The van der Waals surface area contributed by atoms with Gasteiger partial charge in [-0.3, -0.25) is 4.21 Å². The van der Waals surface area contributed by atoms with Crippen molar-refractivity contribution >= 4 is 10.8 Å². The average Bonchev–Trinajstić information content (AvgIpc) is 3.13. The molecule has 1 fully saturated rings. The molecule has 1 aliphatic rings. The van der Waals surface area contributed by atoms with Crippen LogP contribution in [0.3, 0.4) is 0 Å². The highest BCUT2D eigenvalue weighted by atomic mass is 32.2. The minimum atomic E-state index is -0.878. The van der Waals surface area contributed by atoms with Crippen LogP contribution in [0.15, 0.2) is 23.1 Å². The smallest absolute Gasteiger partial charge is 0.0548 e.